The maximum Gasteiger partial charge on any atom is 0.292 e. The fraction of sp³-hybridized carbons (Fsp3) is 0.200. The number of aromatic nitrogens is 1. The van der Waals surface area contributed by atoms with Gasteiger partial charge in [0.25, 0.3) is 11.7 Å². The van der Waals surface area contributed by atoms with Crippen molar-refractivity contribution in [2.45, 2.75) is 13.5 Å². The number of fused-ring (bicyclic) bond motifs is 1. The SMILES string of the molecule is COc1ccccc1CNC(=O)C(=O)c1c(C)n(C)c2ccccc12. The first-order chi connectivity index (χ1) is 12.0. The van der Waals surface area contributed by atoms with E-state index in [0.717, 1.165) is 22.2 Å². The monoisotopic (exact) mass is 336 g/mol. The fourth-order valence-electron chi connectivity index (χ4n) is 3.03. The molecule has 1 N–H and O–H groups in total. The number of nitrogens with one attached hydrogen (secondary N) is 1. The Labute approximate surface area is 146 Å². The van der Waals surface area contributed by atoms with Crippen molar-refractivity contribution in [3.05, 3.63) is 65.4 Å². The number of aryl methyl sites for hydroxylation is 1. The lowest BCUT2D eigenvalue weighted by Crippen LogP contribution is -2.31. The summed E-state index contributed by atoms with van der Waals surface area (Å²) in [5, 5.41) is 3.49. The minimum Gasteiger partial charge on any atom is -0.496 e. The van der Waals surface area contributed by atoms with E-state index in [-0.39, 0.29) is 6.54 Å². The maximum atomic E-state index is 12.7. The Morgan fingerprint density at radius 3 is 2.52 bits per heavy atom. The number of Topliss-reactive ketones (excluding diaryl/α,β-unsaturated/α-hetero) is 1. The minimum atomic E-state index is -0.620. The van der Waals surface area contributed by atoms with E-state index >= 15 is 0 Å². The van der Waals surface area contributed by atoms with Gasteiger partial charge in [0.15, 0.2) is 0 Å². The number of para-hydroxylation sites is 2. The smallest absolute Gasteiger partial charge is 0.292 e. The highest BCUT2D eigenvalue weighted by Gasteiger charge is 2.24. The van der Waals surface area contributed by atoms with Crippen molar-refractivity contribution in [2.75, 3.05) is 7.11 Å². The predicted octanol–water partition coefficient (Wildman–Crippen LogP) is 2.99. The van der Waals surface area contributed by atoms with Gasteiger partial charge in [0.2, 0.25) is 0 Å². The van der Waals surface area contributed by atoms with E-state index in [1.54, 1.807) is 7.11 Å². The molecule has 3 aromatic rings. The lowest BCUT2D eigenvalue weighted by atomic mass is 10.1. The van der Waals surface area contributed by atoms with Crippen LogP contribution in [0, 0.1) is 6.92 Å². The molecule has 0 fully saturated rings. The lowest BCUT2D eigenvalue weighted by Gasteiger charge is -2.09. The first kappa shape index (κ1) is 16.8. The van der Waals surface area contributed by atoms with Gasteiger partial charge in [-0.1, -0.05) is 36.4 Å². The Morgan fingerprint density at radius 1 is 1.08 bits per heavy atom. The quantitative estimate of drug-likeness (QED) is 0.575. The zero-order valence-electron chi connectivity index (χ0n) is 14.5. The van der Waals surface area contributed by atoms with E-state index in [4.69, 9.17) is 4.74 Å². The van der Waals surface area contributed by atoms with Crippen LogP contribution in [0.25, 0.3) is 10.9 Å². The molecule has 5 heteroatoms. The zero-order valence-corrected chi connectivity index (χ0v) is 14.5. The van der Waals surface area contributed by atoms with Crippen LogP contribution in [0.4, 0.5) is 0 Å². The second-order valence-corrected chi connectivity index (χ2v) is 5.86. The highest BCUT2D eigenvalue weighted by Crippen LogP contribution is 2.25. The Bertz CT molecular complexity index is 957. The molecule has 0 spiro atoms. The van der Waals surface area contributed by atoms with Crippen molar-refractivity contribution in [3.63, 3.8) is 0 Å². The summed E-state index contributed by atoms with van der Waals surface area (Å²) in [7, 11) is 3.46. The average molecular weight is 336 g/mol. The molecular weight excluding hydrogens is 316 g/mol. The number of ketones is 1. The van der Waals surface area contributed by atoms with Crippen molar-refractivity contribution in [2.24, 2.45) is 7.05 Å². The van der Waals surface area contributed by atoms with Crippen molar-refractivity contribution in [1.82, 2.24) is 9.88 Å². The lowest BCUT2D eigenvalue weighted by molar-refractivity contribution is -0.117. The largest absolute Gasteiger partial charge is 0.496 e. The molecule has 0 aliphatic rings. The van der Waals surface area contributed by atoms with Crippen molar-refractivity contribution >= 4 is 22.6 Å². The first-order valence-corrected chi connectivity index (χ1v) is 8.03. The Kier molecular flexibility index (Phi) is 4.57. The standard InChI is InChI=1S/C20H20N2O3/c1-13-18(15-9-5-6-10-16(15)22(13)2)19(23)20(24)21-12-14-8-4-7-11-17(14)25-3/h4-11H,12H2,1-3H3,(H,21,24). The van der Waals surface area contributed by atoms with Gasteiger partial charge in [0, 0.05) is 35.8 Å². The first-order valence-electron chi connectivity index (χ1n) is 8.03. The molecular formula is C20H20N2O3. The van der Waals surface area contributed by atoms with Gasteiger partial charge in [0.1, 0.15) is 5.75 Å². The van der Waals surface area contributed by atoms with Gasteiger partial charge < -0.3 is 14.6 Å². The number of methoxy groups -OCH3 is 1. The van der Waals surface area contributed by atoms with Gasteiger partial charge in [-0.2, -0.15) is 0 Å². The van der Waals surface area contributed by atoms with E-state index in [0.29, 0.717) is 11.3 Å². The third-order valence-electron chi connectivity index (χ3n) is 4.46. The zero-order chi connectivity index (χ0) is 18.0. The average Bonchev–Trinajstić information content (AvgIpc) is 2.90. The van der Waals surface area contributed by atoms with Crippen LogP contribution in [0.1, 0.15) is 21.6 Å². The van der Waals surface area contributed by atoms with Crippen molar-refractivity contribution in [1.29, 1.82) is 0 Å². The molecule has 128 valence electrons. The molecule has 0 bridgehead atoms. The van der Waals surface area contributed by atoms with Crippen molar-refractivity contribution in [3.8, 4) is 5.75 Å². The topological polar surface area (TPSA) is 60.3 Å². The van der Waals surface area contributed by atoms with Gasteiger partial charge in [-0.3, -0.25) is 9.59 Å². The normalized spacial score (nSPS) is 10.7. The van der Waals surface area contributed by atoms with Gasteiger partial charge in [-0.05, 0) is 19.1 Å². The Balaban J connectivity index is 1.84. The predicted molar refractivity (Wildman–Crippen MR) is 96.8 cm³/mol. The second kappa shape index (κ2) is 6.81. The van der Waals surface area contributed by atoms with Crippen LogP contribution in [-0.2, 0) is 18.4 Å². The molecule has 5 nitrogen and oxygen atoms in total. The minimum absolute atomic E-state index is 0.235. The molecule has 1 aromatic heterocycles. The number of amides is 1. The van der Waals surface area contributed by atoms with E-state index < -0.39 is 11.7 Å². The van der Waals surface area contributed by atoms with E-state index in [2.05, 4.69) is 5.32 Å². The molecule has 25 heavy (non-hydrogen) atoms. The summed E-state index contributed by atoms with van der Waals surface area (Å²) in [6, 6.07) is 15.0. The summed E-state index contributed by atoms with van der Waals surface area (Å²) in [6.07, 6.45) is 0. The summed E-state index contributed by atoms with van der Waals surface area (Å²) in [4.78, 5) is 25.1. The number of carbonyl (C=O) groups is 2. The number of hydrogen-bond acceptors (Lipinski definition) is 3. The van der Waals surface area contributed by atoms with Crippen LogP contribution in [0.15, 0.2) is 48.5 Å². The maximum absolute atomic E-state index is 12.7. The number of nitrogens with zero attached hydrogens (tertiary/aromatic N) is 1. The molecule has 0 aliphatic carbocycles. The summed E-state index contributed by atoms with van der Waals surface area (Å²) < 4.78 is 7.19. The number of rotatable bonds is 5. The Hall–Kier alpha value is -3.08. The third kappa shape index (κ3) is 3.01. The van der Waals surface area contributed by atoms with E-state index in [1.807, 2.05) is 67.1 Å². The molecule has 0 aliphatic heterocycles. The molecule has 3 rings (SSSR count). The van der Waals surface area contributed by atoms with Crippen LogP contribution < -0.4 is 10.1 Å². The van der Waals surface area contributed by atoms with Crippen LogP contribution in [0.3, 0.4) is 0 Å². The summed E-state index contributed by atoms with van der Waals surface area (Å²) >= 11 is 0. The molecule has 0 saturated carbocycles. The number of benzene rings is 2. The van der Waals surface area contributed by atoms with Crippen LogP contribution >= 0.6 is 0 Å². The molecule has 0 radical (unpaired) electrons. The van der Waals surface area contributed by atoms with Gasteiger partial charge >= 0.3 is 0 Å². The van der Waals surface area contributed by atoms with Gasteiger partial charge in [0.05, 0.1) is 12.7 Å². The number of carbonyl (C=O) groups excluding carboxylic acids is 2. The third-order valence-corrected chi connectivity index (χ3v) is 4.46. The highest BCUT2D eigenvalue weighted by molar-refractivity contribution is 6.45. The summed E-state index contributed by atoms with van der Waals surface area (Å²) in [5.74, 6) is -0.467. The van der Waals surface area contributed by atoms with E-state index in [9.17, 15) is 9.59 Å². The van der Waals surface area contributed by atoms with Gasteiger partial charge in [-0.15, -0.1) is 0 Å². The fourth-order valence-corrected chi connectivity index (χ4v) is 3.03. The molecule has 2 aromatic carbocycles. The summed E-state index contributed by atoms with van der Waals surface area (Å²) in [6.45, 7) is 2.08. The molecule has 1 amide bonds. The molecule has 1 heterocycles. The number of ether oxygens (including phenoxy) is 1. The second-order valence-electron chi connectivity index (χ2n) is 5.86. The van der Waals surface area contributed by atoms with Crippen molar-refractivity contribution < 1.29 is 14.3 Å². The van der Waals surface area contributed by atoms with E-state index in [1.165, 1.54) is 0 Å². The highest BCUT2D eigenvalue weighted by atomic mass is 16.5. The van der Waals surface area contributed by atoms with Crippen LogP contribution in [0.5, 0.6) is 5.75 Å². The van der Waals surface area contributed by atoms with Crippen LogP contribution in [-0.4, -0.2) is 23.4 Å². The van der Waals surface area contributed by atoms with Gasteiger partial charge in [-0.25, -0.2) is 0 Å². The molecule has 0 saturated heterocycles. The molecule has 0 atom stereocenters. The Morgan fingerprint density at radius 2 is 1.76 bits per heavy atom. The summed E-state index contributed by atoms with van der Waals surface area (Å²) in [5.41, 5.74) is 2.98. The van der Waals surface area contributed by atoms with Crippen LogP contribution in [0.2, 0.25) is 0 Å². The molecule has 0 unspecified atom stereocenters. The number of hydrogen-bond donors (Lipinski definition) is 1.